The Morgan fingerprint density at radius 2 is 1.60 bits per heavy atom. The fourth-order valence-corrected chi connectivity index (χ4v) is 4.64. The highest BCUT2D eigenvalue weighted by Crippen LogP contribution is 2.54. The van der Waals surface area contributed by atoms with Gasteiger partial charge in [-0.05, 0) is 36.6 Å². The van der Waals surface area contributed by atoms with Gasteiger partial charge in [-0.3, -0.25) is 5.43 Å². The Labute approximate surface area is 168 Å². The van der Waals surface area contributed by atoms with Crippen molar-refractivity contribution in [2.24, 2.45) is 17.6 Å². The fraction of sp³-hybridized carbons (Fsp3) is 0.526. The highest BCUT2D eigenvalue weighted by molar-refractivity contribution is 5.51. The van der Waals surface area contributed by atoms with Gasteiger partial charge in [-0.25, -0.2) is 5.43 Å². The zero-order chi connectivity index (χ0) is 22.6. The molecule has 0 aromatic heterocycles. The van der Waals surface area contributed by atoms with Crippen LogP contribution in [0.3, 0.4) is 0 Å². The average Bonchev–Trinajstić information content (AvgIpc) is 2.99. The van der Waals surface area contributed by atoms with Gasteiger partial charge in [-0.15, -0.1) is 0 Å². The number of rotatable bonds is 2. The van der Waals surface area contributed by atoms with Crippen LogP contribution in [0.1, 0.15) is 37.5 Å². The van der Waals surface area contributed by atoms with E-state index in [2.05, 4.69) is 10.9 Å². The monoisotopic (exact) mass is 434 g/mol. The van der Waals surface area contributed by atoms with Gasteiger partial charge in [-0.1, -0.05) is 13.8 Å². The van der Waals surface area contributed by atoms with E-state index in [-0.39, 0.29) is 23.1 Å². The lowest BCUT2D eigenvalue weighted by atomic mass is 9.56. The van der Waals surface area contributed by atoms with Gasteiger partial charge in [0.05, 0.1) is 11.1 Å². The molecule has 3 rings (SSSR count). The van der Waals surface area contributed by atoms with Crippen LogP contribution in [-0.2, 0) is 22.5 Å². The van der Waals surface area contributed by atoms with Crippen LogP contribution in [0.2, 0.25) is 0 Å². The molecule has 1 aromatic carbocycles. The summed E-state index contributed by atoms with van der Waals surface area (Å²) in [5.74, 6) is -1.62. The van der Waals surface area contributed by atoms with Gasteiger partial charge in [0, 0.05) is 17.4 Å². The van der Waals surface area contributed by atoms with Gasteiger partial charge in [0.15, 0.2) is 6.23 Å². The number of halogens is 6. The Morgan fingerprint density at radius 3 is 2.03 bits per heavy atom. The number of hydrazine groups is 1. The van der Waals surface area contributed by atoms with Crippen molar-refractivity contribution in [3.63, 3.8) is 0 Å². The molecular weight excluding hydrogens is 414 g/mol. The molecule has 0 aliphatic carbocycles. The Bertz CT molecular complexity index is 885. The molecule has 0 amide bonds. The highest BCUT2D eigenvalue weighted by atomic mass is 19.4. The van der Waals surface area contributed by atoms with E-state index in [1.165, 1.54) is 0 Å². The molecule has 2 aliphatic rings. The molecule has 0 spiro atoms. The summed E-state index contributed by atoms with van der Waals surface area (Å²) in [6.45, 7) is 4.96. The summed E-state index contributed by atoms with van der Waals surface area (Å²) in [7, 11) is 0. The molecule has 2 heterocycles. The third kappa shape index (κ3) is 3.28. The van der Waals surface area contributed by atoms with Crippen molar-refractivity contribution < 1.29 is 31.1 Å². The third-order valence-corrected chi connectivity index (χ3v) is 5.85. The molecule has 0 saturated carbocycles. The van der Waals surface area contributed by atoms with E-state index < -0.39 is 53.0 Å². The van der Waals surface area contributed by atoms with E-state index in [9.17, 15) is 31.6 Å². The number of nitrogens with two attached hydrogens (primary N) is 1. The molecule has 1 saturated heterocycles. The first-order valence-corrected chi connectivity index (χ1v) is 9.12. The smallest absolute Gasteiger partial charge is 0.416 e. The van der Waals surface area contributed by atoms with E-state index in [0.29, 0.717) is 12.1 Å². The van der Waals surface area contributed by atoms with Crippen molar-refractivity contribution in [2.45, 2.75) is 50.8 Å². The van der Waals surface area contributed by atoms with Crippen molar-refractivity contribution in [3.05, 3.63) is 46.3 Å². The maximum absolute atomic E-state index is 13.5. The molecule has 1 fully saturated rings. The second-order valence-electron chi connectivity index (χ2n) is 7.81. The Balaban J connectivity index is 2.43. The van der Waals surface area contributed by atoms with Crippen LogP contribution < -0.4 is 16.6 Å². The number of ether oxygens (including phenoxy) is 1. The zero-order valence-electron chi connectivity index (χ0n) is 16.2. The van der Waals surface area contributed by atoms with Gasteiger partial charge < -0.3 is 10.5 Å². The van der Waals surface area contributed by atoms with Gasteiger partial charge in [-0.2, -0.15) is 31.6 Å². The van der Waals surface area contributed by atoms with Crippen LogP contribution in [0, 0.1) is 23.2 Å². The second kappa shape index (κ2) is 7.06. The van der Waals surface area contributed by atoms with Crippen LogP contribution in [0.25, 0.3) is 0 Å². The fourth-order valence-electron chi connectivity index (χ4n) is 4.64. The van der Waals surface area contributed by atoms with E-state index in [0.717, 1.165) is 0 Å². The number of alkyl halides is 6. The summed E-state index contributed by atoms with van der Waals surface area (Å²) in [5.41, 5.74) is 6.69. The minimum atomic E-state index is -5.02. The molecule has 3 unspecified atom stereocenters. The first kappa shape index (κ1) is 22.2. The average molecular weight is 434 g/mol. The van der Waals surface area contributed by atoms with Crippen molar-refractivity contribution in [3.8, 4) is 6.07 Å². The SMILES string of the molecule is CC1NNC2OC(N)=C(C#N)[C@@](c3cc(C(F)(F)F)cc(C(F)(F)F)c3)(C(C)C)C12. The van der Waals surface area contributed by atoms with E-state index in [4.69, 9.17) is 10.5 Å². The Morgan fingerprint density at radius 1 is 1.07 bits per heavy atom. The number of allylic oxidation sites excluding steroid dienone is 1. The lowest BCUT2D eigenvalue weighted by Gasteiger charge is -2.49. The Kier molecular flexibility index (Phi) is 5.23. The molecule has 0 radical (unpaired) electrons. The van der Waals surface area contributed by atoms with E-state index in [1.54, 1.807) is 20.8 Å². The number of hydrogen-bond donors (Lipinski definition) is 3. The lowest BCUT2D eigenvalue weighted by molar-refractivity contribution is -0.143. The molecule has 5 nitrogen and oxygen atoms in total. The summed E-state index contributed by atoms with van der Waals surface area (Å²) >= 11 is 0. The molecular formula is C19H20F6N4O. The van der Waals surface area contributed by atoms with Crippen LogP contribution in [0.4, 0.5) is 26.3 Å². The summed E-state index contributed by atoms with van der Waals surface area (Å²) < 4.78 is 86.6. The standard InChI is InChI=1S/C19H20F6N4O/c1-8(2)17(13(7-26)15(27)30-16-14(17)9(3)28-29-16)10-4-11(18(20,21)22)6-12(5-10)19(23,24)25/h4-6,8-9,14,16,28-29H,27H2,1-3H3/t9?,14?,16?,17-/m0/s1. The molecule has 2 aliphatic heterocycles. The lowest BCUT2D eigenvalue weighted by Crippen LogP contribution is -2.55. The Hall–Kier alpha value is -2.45. The predicted molar refractivity (Wildman–Crippen MR) is 93.9 cm³/mol. The number of nitrogens with one attached hydrogen (secondary N) is 2. The number of nitriles is 1. The molecule has 164 valence electrons. The minimum Gasteiger partial charge on any atom is -0.458 e. The normalized spacial score (nSPS) is 29.6. The van der Waals surface area contributed by atoms with Crippen molar-refractivity contribution >= 4 is 0 Å². The molecule has 4 N–H and O–H groups in total. The molecule has 30 heavy (non-hydrogen) atoms. The van der Waals surface area contributed by atoms with Gasteiger partial charge in [0.2, 0.25) is 5.88 Å². The number of hydrogen-bond acceptors (Lipinski definition) is 5. The van der Waals surface area contributed by atoms with Crippen LogP contribution in [0.15, 0.2) is 29.7 Å². The van der Waals surface area contributed by atoms with Gasteiger partial charge in [0.1, 0.15) is 11.6 Å². The van der Waals surface area contributed by atoms with Crippen molar-refractivity contribution in [2.75, 3.05) is 0 Å². The first-order chi connectivity index (χ1) is 13.7. The molecule has 0 bridgehead atoms. The van der Waals surface area contributed by atoms with Crippen LogP contribution in [-0.4, -0.2) is 12.3 Å². The minimum absolute atomic E-state index is 0.0715. The quantitative estimate of drug-likeness (QED) is 0.618. The van der Waals surface area contributed by atoms with Crippen molar-refractivity contribution in [1.82, 2.24) is 10.9 Å². The number of fused-ring (bicyclic) bond motifs is 1. The number of nitrogens with zero attached hydrogens (tertiary/aromatic N) is 1. The summed E-state index contributed by atoms with van der Waals surface area (Å²) in [5, 5.41) is 9.82. The van der Waals surface area contributed by atoms with Crippen LogP contribution in [0.5, 0.6) is 0 Å². The van der Waals surface area contributed by atoms with E-state index in [1.807, 2.05) is 6.07 Å². The third-order valence-electron chi connectivity index (χ3n) is 5.85. The second-order valence-corrected chi connectivity index (χ2v) is 7.81. The number of benzene rings is 1. The maximum atomic E-state index is 13.5. The summed E-state index contributed by atoms with van der Waals surface area (Å²) in [6.07, 6.45) is -10.9. The largest absolute Gasteiger partial charge is 0.458 e. The van der Waals surface area contributed by atoms with E-state index >= 15 is 0 Å². The summed E-state index contributed by atoms with van der Waals surface area (Å²) in [6, 6.07) is 2.86. The molecule has 1 aromatic rings. The summed E-state index contributed by atoms with van der Waals surface area (Å²) in [4.78, 5) is 0. The molecule has 4 atom stereocenters. The van der Waals surface area contributed by atoms with Crippen molar-refractivity contribution in [1.29, 1.82) is 5.26 Å². The van der Waals surface area contributed by atoms with Crippen LogP contribution >= 0.6 is 0 Å². The topological polar surface area (TPSA) is 83.1 Å². The highest BCUT2D eigenvalue weighted by Gasteiger charge is 2.59. The first-order valence-electron chi connectivity index (χ1n) is 9.12. The van der Waals surface area contributed by atoms with Gasteiger partial charge in [0.25, 0.3) is 0 Å². The zero-order valence-corrected chi connectivity index (χ0v) is 16.2. The predicted octanol–water partition coefficient (Wildman–Crippen LogP) is 3.78. The molecule has 11 heteroatoms. The maximum Gasteiger partial charge on any atom is 0.416 e. The van der Waals surface area contributed by atoms with Gasteiger partial charge >= 0.3 is 12.4 Å².